The smallest absolute Gasteiger partial charge is 0.227 e. The second-order valence-electron chi connectivity index (χ2n) is 5.42. The molecule has 1 N–H and O–H groups in total. The Labute approximate surface area is 144 Å². The minimum atomic E-state index is -3.47. The Morgan fingerprint density at radius 2 is 1.83 bits per heavy atom. The molecule has 0 spiro atoms. The van der Waals surface area contributed by atoms with Gasteiger partial charge in [-0.25, -0.2) is 13.4 Å². The van der Waals surface area contributed by atoms with E-state index in [0.717, 1.165) is 15.8 Å². The number of thiazole rings is 1. The number of carbonyl (C=O) groups excluding carboxylic acids is 1. The number of fused-ring (bicyclic) bond motifs is 1. The summed E-state index contributed by atoms with van der Waals surface area (Å²) in [6.45, 7) is 1.89. The number of carbonyl (C=O) groups is 1. The number of hydrogen-bond acceptors (Lipinski definition) is 5. The summed E-state index contributed by atoms with van der Waals surface area (Å²) < 4.78 is 25.5. The molecule has 0 aliphatic rings. The van der Waals surface area contributed by atoms with E-state index in [-0.39, 0.29) is 23.0 Å². The van der Waals surface area contributed by atoms with E-state index in [0.29, 0.717) is 5.13 Å². The van der Waals surface area contributed by atoms with Crippen molar-refractivity contribution in [2.24, 2.45) is 0 Å². The summed E-state index contributed by atoms with van der Waals surface area (Å²) in [5.74, 6) is -0.586. The highest BCUT2D eigenvalue weighted by molar-refractivity contribution is 7.91. The van der Waals surface area contributed by atoms with Crippen LogP contribution >= 0.6 is 11.3 Å². The zero-order valence-electron chi connectivity index (χ0n) is 13.0. The Morgan fingerprint density at radius 1 is 1.12 bits per heavy atom. The summed E-state index contributed by atoms with van der Waals surface area (Å²) in [7, 11) is -3.47. The number of aryl methyl sites for hydroxylation is 1. The zero-order valence-corrected chi connectivity index (χ0v) is 14.7. The molecule has 3 rings (SSSR count). The highest BCUT2D eigenvalue weighted by Crippen LogP contribution is 2.25. The van der Waals surface area contributed by atoms with Gasteiger partial charge in [-0.3, -0.25) is 4.79 Å². The van der Waals surface area contributed by atoms with Crippen LogP contribution in [0.5, 0.6) is 0 Å². The number of sulfone groups is 1. The van der Waals surface area contributed by atoms with Crippen molar-refractivity contribution in [3.05, 3.63) is 54.1 Å². The number of amides is 1. The molecule has 0 bridgehead atoms. The Kier molecular flexibility index (Phi) is 4.64. The maximum atomic E-state index is 12.2. The summed E-state index contributed by atoms with van der Waals surface area (Å²) in [6.07, 6.45) is -0.105. The number of nitrogens with one attached hydrogen (secondary N) is 1. The fraction of sp³-hybridized carbons (Fsp3) is 0.176. The van der Waals surface area contributed by atoms with Crippen LogP contribution in [0.25, 0.3) is 10.2 Å². The first kappa shape index (κ1) is 16.6. The molecular weight excluding hydrogens is 344 g/mol. The standard InChI is InChI=1S/C17H16N2O3S2/c1-12-6-8-13(9-7-12)24(21,22)11-10-16(20)19-17-18-14-4-2-3-5-15(14)23-17/h2-9H,10-11H2,1H3,(H,18,19,20). The molecule has 0 aliphatic heterocycles. The first-order valence-corrected chi connectivity index (χ1v) is 9.86. The maximum Gasteiger partial charge on any atom is 0.227 e. The third-order valence-corrected chi connectivity index (χ3v) is 6.20. The molecule has 1 amide bonds. The molecule has 0 fully saturated rings. The lowest BCUT2D eigenvalue weighted by atomic mass is 10.2. The third-order valence-electron chi connectivity index (χ3n) is 3.52. The van der Waals surface area contributed by atoms with Gasteiger partial charge in [-0.05, 0) is 31.2 Å². The summed E-state index contributed by atoms with van der Waals surface area (Å²) >= 11 is 1.36. The van der Waals surface area contributed by atoms with Gasteiger partial charge in [0.2, 0.25) is 5.91 Å². The number of para-hydroxylation sites is 1. The second-order valence-corrected chi connectivity index (χ2v) is 8.56. The van der Waals surface area contributed by atoms with Gasteiger partial charge in [-0.1, -0.05) is 41.2 Å². The molecule has 0 atom stereocenters. The molecule has 1 aromatic heterocycles. The van der Waals surface area contributed by atoms with Crippen LogP contribution in [0.15, 0.2) is 53.4 Å². The Hall–Kier alpha value is -2.25. The quantitative estimate of drug-likeness (QED) is 0.756. The fourth-order valence-corrected chi connectivity index (χ4v) is 4.32. The van der Waals surface area contributed by atoms with Crippen molar-refractivity contribution in [1.82, 2.24) is 4.98 Å². The first-order valence-electron chi connectivity index (χ1n) is 7.39. The predicted octanol–water partition coefficient (Wildman–Crippen LogP) is 3.41. The van der Waals surface area contributed by atoms with Crippen LogP contribution in [-0.2, 0) is 14.6 Å². The fourth-order valence-electron chi connectivity index (χ4n) is 2.20. The number of benzene rings is 2. The zero-order chi connectivity index (χ0) is 17.2. The van der Waals surface area contributed by atoms with Gasteiger partial charge in [0.25, 0.3) is 0 Å². The van der Waals surface area contributed by atoms with Crippen molar-refractivity contribution in [3.63, 3.8) is 0 Å². The topological polar surface area (TPSA) is 76.1 Å². The van der Waals surface area contributed by atoms with Crippen molar-refractivity contribution in [2.45, 2.75) is 18.2 Å². The summed E-state index contributed by atoms with van der Waals surface area (Å²) in [5, 5.41) is 3.15. The number of hydrogen-bond donors (Lipinski definition) is 1. The van der Waals surface area contributed by atoms with E-state index < -0.39 is 9.84 Å². The van der Waals surface area contributed by atoms with Crippen molar-refractivity contribution in [2.75, 3.05) is 11.1 Å². The lowest BCUT2D eigenvalue weighted by molar-refractivity contribution is -0.115. The third kappa shape index (κ3) is 3.80. The van der Waals surface area contributed by atoms with Crippen LogP contribution in [0.1, 0.15) is 12.0 Å². The molecule has 0 saturated carbocycles. The molecule has 1 heterocycles. The molecule has 24 heavy (non-hydrogen) atoms. The van der Waals surface area contributed by atoms with Crippen LogP contribution in [0.3, 0.4) is 0 Å². The van der Waals surface area contributed by atoms with Gasteiger partial charge in [0, 0.05) is 6.42 Å². The van der Waals surface area contributed by atoms with Gasteiger partial charge in [0.05, 0.1) is 20.9 Å². The van der Waals surface area contributed by atoms with Crippen LogP contribution in [0.4, 0.5) is 5.13 Å². The van der Waals surface area contributed by atoms with Gasteiger partial charge in [-0.15, -0.1) is 0 Å². The molecule has 2 aromatic carbocycles. The summed E-state index contributed by atoms with van der Waals surface area (Å²) in [5.41, 5.74) is 1.80. The van der Waals surface area contributed by atoms with Crippen molar-refractivity contribution in [3.8, 4) is 0 Å². The van der Waals surface area contributed by atoms with E-state index in [2.05, 4.69) is 10.3 Å². The second kappa shape index (κ2) is 6.70. The molecule has 0 unspecified atom stereocenters. The number of aromatic nitrogens is 1. The normalized spacial score (nSPS) is 11.5. The molecular formula is C17H16N2O3S2. The van der Waals surface area contributed by atoms with Gasteiger partial charge in [0.1, 0.15) is 0 Å². The molecule has 124 valence electrons. The van der Waals surface area contributed by atoms with E-state index in [1.54, 1.807) is 24.3 Å². The highest BCUT2D eigenvalue weighted by atomic mass is 32.2. The lowest BCUT2D eigenvalue weighted by Gasteiger charge is -2.05. The largest absolute Gasteiger partial charge is 0.302 e. The summed E-state index contributed by atoms with van der Waals surface area (Å²) in [4.78, 5) is 16.6. The minimum absolute atomic E-state index is 0.105. The van der Waals surface area contributed by atoms with E-state index in [9.17, 15) is 13.2 Å². The monoisotopic (exact) mass is 360 g/mol. The van der Waals surface area contributed by atoms with Crippen LogP contribution in [-0.4, -0.2) is 25.1 Å². The average Bonchev–Trinajstić information content (AvgIpc) is 2.95. The maximum absolute atomic E-state index is 12.2. The van der Waals surface area contributed by atoms with E-state index in [4.69, 9.17) is 0 Å². The average molecular weight is 360 g/mol. The van der Waals surface area contributed by atoms with Gasteiger partial charge in [-0.2, -0.15) is 0 Å². The molecule has 0 saturated heterocycles. The van der Waals surface area contributed by atoms with Gasteiger partial charge < -0.3 is 5.32 Å². The van der Waals surface area contributed by atoms with Gasteiger partial charge in [0.15, 0.2) is 15.0 Å². The SMILES string of the molecule is Cc1ccc(S(=O)(=O)CCC(=O)Nc2nc3ccccc3s2)cc1. The van der Waals surface area contributed by atoms with Crippen LogP contribution < -0.4 is 5.32 Å². The molecule has 7 heteroatoms. The molecule has 5 nitrogen and oxygen atoms in total. The Balaban J connectivity index is 1.63. The van der Waals surface area contributed by atoms with Crippen LogP contribution in [0, 0.1) is 6.92 Å². The number of rotatable bonds is 5. The Bertz CT molecular complexity index is 943. The lowest BCUT2D eigenvalue weighted by Crippen LogP contribution is -2.17. The number of nitrogens with zero attached hydrogens (tertiary/aromatic N) is 1. The highest BCUT2D eigenvalue weighted by Gasteiger charge is 2.17. The van der Waals surface area contributed by atoms with E-state index >= 15 is 0 Å². The predicted molar refractivity (Wildman–Crippen MR) is 96.1 cm³/mol. The van der Waals surface area contributed by atoms with Crippen LogP contribution in [0.2, 0.25) is 0 Å². The minimum Gasteiger partial charge on any atom is -0.302 e. The van der Waals surface area contributed by atoms with Crippen molar-refractivity contribution in [1.29, 1.82) is 0 Å². The molecule has 0 aliphatic carbocycles. The van der Waals surface area contributed by atoms with E-state index in [1.165, 1.54) is 11.3 Å². The van der Waals surface area contributed by atoms with Crippen molar-refractivity contribution >= 4 is 42.4 Å². The van der Waals surface area contributed by atoms with Gasteiger partial charge >= 0.3 is 0 Å². The van der Waals surface area contributed by atoms with E-state index in [1.807, 2.05) is 31.2 Å². The van der Waals surface area contributed by atoms with Crippen molar-refractivity contribution < 1.29 is 13.2 Å². The first-order chi connectivity index (χ1) is 11.4. The Morgan fingerprint density at radius 3 is 2.54 bits per heavy atom. The summed E-state index contributed by atoms with van der Waals surface area (Å²) in [6, 6.07) is 14.2. The number of anilines is 1. The molecule has 0 radical (unpaired) electrons. The molecule has 3 aromatic rings.